The Bertz CT molecular complexity index is 1110. The summed E-state index contributed by atoms with van der Waals surface area (Å²) in [6.07, 6.45) is -4.87. The number of H-pyrrole nitrogens is 1. The number of thiazole rings is 1. The van der Waals surface area contributed by atoms with Crippen LogP contribution in [0.15, 0.2) is 46.7 Å². The highest BCUT2D eigenvalue weighted by Crippen LogP contribution is 2.26. The fraction of sp³-hybridized carbons (Fsp3) is 0.118. The number of benzene rings is 1. The summed E-state index contributed by atoms with van der Waals surface area (Å²) in [6.45, 7) is -0.266. The van der Waals surface area contributed by atoms with E-state index in [2.05, 4.69) is 30.6 Å². The van der Waals surface area contributed by atoms with Crippen molar-refractivity contribution in [1.29, 1.82) is 0 Å². The topological polar surface area (TPSA) is 126 Å². The maximum atomic E-state index is 12.5. The van der Waals surface area contributed by atoms with Gasteiger partial charge >= 0.3 is 6.36 Å². The zero-order valence-electron chi connectivity index (χ0n) is 14.8. The second-order valence-corrected chi connectivity index (χ2v) is 6.48. The lowest BCUT2D eigenvalue weighted by Crippen LogP contribution is -2.26. The molecule has 0 saturated heterocycles. The summed E-state index contributed by atoms with van der Waals surface area (Å²) in [5.41, 5.74) is 0.700. The van der Waals surface area contributed by atoms with Crippen molar-refractivity contribution in [3.05, 3.63) is 69.2 Å². The molecule has 30 heavy (non-hydrogen) atoms. The van der Waals surface area contributed by atoms with E-state index < -0.39 is 29.5 Å². The summed E-state index contributed by atoms with van der Waals surface area (Å²) < 4.78 is 41.4. The smallest absolute Gasteiger partial charge is 0.405 e. The molecule has 2 aromatic heterocycles. The van der Waals surface area contributed by atoms with Crippen LogP contribution in [0.5, 0.6) is 5.75 Å². The number of para-hydroxylation sites is 1. The van der Waals surface area contributed by atoms with Gasteiger partial charge < -0.3 is 15.4 Å². The molecule has 3 aromatic rings. The third-order valence-corrected chi connectivity index (χ3v) is 4.30. The van der Waals surface area contributed by atoms with Crippen LogP contribution in [0.4, 0.5) is 18.2 Å². The van der Waals surface area contributed by atoms with Crippen LogP contribution in [0.3, 0.4) is 0 Å². The molecule has 3 rings (SSSR count). The summed E-state index contributed by atoms with van der Waals surface area (Å²) in [7, 11) is 0. The van der Waals surface area contributed by atoms with Crippen molar-refractivity contribution < 1.29 is 27.5 Å². The van der Waals surface area contributed by atoms with Gasteiger partial charge in [-0.15, -0.1) is 24.5 Å². The molecular weight excluding hydrogens is 427 g/mol. The number of hydrogen-bond acceptors (Lipinski definition) is 7. The number of nitrogens with zero attached hydrogens (tertiary/aromatic N) is 2. The Kier molecular flexibility index (Phi) is 6.11. The number of aromatic nitrogens is 3. The Balaban J connectivity index is 1.68. The molecule has 3 N–H and O–H groups in total. The maximum Gasteiger partial charge on any atom is 0.573 e. The van der Waals surface area contributed by atoms with E-state index in [-0.39, 0.29) is 28.5 Å². The van der Waals surface area contributed by atoms with E-state index >= 15 is 0 Å². The van der Waals surface area contributed by atoms with Crippen molar-refractivity contribution in [3.8, 4) is 5.75 Å². The minimum Gasteiger partial charge on any atom is -0.405 e. The van der Waals surface area contributed by atoms with Gasteiger partial charge in [0.2, 0.25) is 0 Å². The molecule has 0 aliphatic rings. The van der Waals surface area contributed by atoms with Gasteiger partial charge in [-0.25, -0.2) is 10.1 Å². The lowest BCUT2D eigenvalue weighted by atomic mass is 10.2. The maximum absolute atomic E-state index is 12.5. The predicted molar refractivity (Wildman–Crippen MR) is 99.2 cm³/mol. The van der Waals surface area contributed by atoms with E-state index in [1.54, 1.807) is 0 Å². The third-order valence-electron chi connectivity index (χ3n) is 3.56. The molecule has 0 aliphatic carbocycles. The minimum absolute atomic E-state index is 0.0902. The second kappa shape index (κ2) is 8.73. The Labute approximate surface area is 169 Å². The third kappa shape index (κ3) is 5.41. The normalized spacial score (nSPS) is 11.0. The number of carbonyl (C=O) groups is 2. The summed E-state index contributed by atoms with van der Waals surface area (Å²) in [5.74, 6) is -1.85. The fourth-order valence-corrected chi connectivity index (χ4v) is 2.94. The van der Waals surface area contributed by atoms with E-state index in [0.717, 1.165) is 23.5 Å². The Morgan fingerprint density at radius 2 is 1.90 bits per heavy atom. The molecule has 0 bridgehead atoms. The number of anilines is 1. The van der Waals surface area contributed by atoms with Gasteiger partial charge in [0.25, 0.3) is 17.4 Å². The predicted octanol–water partition coefficient (Wildman–Crippen LogP) is 2.31. The van der Waals surface area contributed by atoms with Gasteiger partial charge in [-0.1, -0.05) is 18.2 Å². The zero-order chi connectivity index (χ0) is 21.7. The van der Waals surface area contributed by atoms with Crippen molar-refractivity contribution >= 4 is 28.2 Å². The number of halogens is 3. The fourth-order valence-electron chi connectivity index (χ4n) is 2.27. The van der Waals surface area contributed by atoms with Crippen molar-refractivity contribution in [2.75, 3.05) is 5.32 Å². The monoisotopic (exact) mass is 439 g/mol. The highest BCUT2D eigenvalue weighted by molar-refractivity contribution is 7.14. The summed E-state index contributed by atoms with van der Waals surface area (Å²) in [4.78, 5) is 39.5. The molecule has 2 heterocycles. The Hall–Kier alpha value is -3.74. The lowest BCUT2D eigenvalue weighted by Gasteiger charge is -2.13. The standard InChI is InChI=1S/C17H12F3N5O4S/c18-17(19,20)29-11-4-2-1-3-9(11)7-21-15(28)13-16(30-8-22-13)23-14(27)10-5-6-12(26)25-24-10/h1-6,8H,7H2,(H,21,28)(H,23,27)(H,25,26). The van der Waals surface area contributed by atoms with Crippen molar-refractivity contribution in [2.24, 2.45) is 0 Å². The number of aromatic amines is 1. The molecular formula is C17H12F3N5O4S. The highest BCUT2D eigenvalue weighted by atomic mass is 32.1. The quantitative estimate of drug-likeness (QED) is 0.541. The first-order chi connectivity index (χ1) is 14.2. The van der Waals surface area contributed by atoms with E-state index in [1.165, 1.54) is 29.8 Å². The number of carbonyl (C=O) groups excluding carboxylic acids is 2. The van der Waals surface area contributed by atoms with Crippen LogP contribution >= 0.6 is 11.3 Å². The van der Waals surface area contributed by atoms with Gasteiger partial charge in [-0.05, 0) is 12.1 Å². The van der Waals surface area contributed by atoms with Gasteiger partial charge in [0.15, 0.2) is 5.69 Å². The van der Waals surface area contributed by atoms with Gasteiger partial charge in [-0.2, -0.15) is 5.10 Å². The largest absolute Gasteiger partial charge is 0.573 e. The van der Waals surface area contributed by atoms with E-state index in [1.807, 2.05) is 0 Å². The molecule has 2 amide bonds. The van der Waals surface area contributed by atoms with Crippen LogP contribution in [-0.2, 0) is 6.54 Å². The number of amides is 2. The van der Waals surface area contributed by atoms with Gasteiger partial charge in [0.1, 0.15) is 16.4 Å². The number of ether oxygens (including phenoxy) is 1. The molecule has 0 spiro atoms. The molecule has 0 radical (unpaired) electrons. The molecule has 1 aromatic carbocycles. The SMILES string of the molecule is O=C(Nc1scnc1C(=O)NCc1ccccc1OC(F)(F)F)c1ccc(=O)[nH]n1. The second-order valence-electron chi connectivity index (χ2n) is 5.63. The summed E-state index contributed by atoms with van der Waals surface area (Å²) >= 11 is 0.960. The Morgan fingerprint density at radius 1 is 1.13 bits per heavy atom. The van der Waals surface area contributed by atoms with Crippen molar-refractivity contribution in [1.82, 2.24) is 20.5 Å². The molecule has 0 fully saturated rings. The van der Waals surface area contributed by atoms with Crippen LogP contribution in [0.1, 0.15) is 26.5 Å². The van der Waals surface area contributed by atoms with Gasteiger partial charge in [0, 0.05) is 18.2 Å². The van der Waals surface area contributed by atoms with Crippen LogP contribution in [0.2, 0.25) is 0 Å². The molecule has 13 heteroatoms. The average Bonchev–Trinajstić information content (AvgIpc) is 3.14. The first kappa shape index (κ1) is 21.0. The lowest BCUT2D eigenvalue weighted by molar-refractivity contribution is -0.274. The van der Waals surface area contributed by atoms with Crippen LogP contribution in [-0.4, -0.2) is 33.4 Å². The molecule has 0 aliphatic heterocycles. The number of hydrogen-bond donors (Lipinski definition) is 3. The molecule has 0 atom stereocenters. The van der Waals surface area contributed by atoms with Crippen molar-refractivity contribution in [2.45, 2.75) is 12.9 Å². The van der Waals surface area contributed by atoms with E-state index in [0.29, 0.717) is 0 Å². The molecule has 156 valence electrons. The number of alkyl halides is 3. The van der Waals surface area contributed by atoms with Gasteiger partial charge in [-0.3, -0.25) is 14.4 Å². The van der Waals surface area contributed by atoms with Crippen LogP contribution < -0.4 is 20.9 Å². The minimum atomic E-state index is -4.87. The molecule has 0 saturated carbocycles. The van der Waals surface area contributed by atoms with Crippen LogP contribution in [0.25, 0.3) is 0 Å². The molecule has 9 nitrogen and oxygen atoms in total. The molecule has 0 unspecified atom stereocenters. The first-order valence-corrected chi connectivity index (χ1v) is 9.03. The number of nitrogens with one attached hydrogen (secondary N) is 3. The first-order valence-electron chi connectivity index (χ1n) is 8.15. The van der Waals surface area contributed by atoms with Crippen LogP contribution in [0, 0.1) is 0 Å². The summed E-state index contributed by atoms with van der Waals surface area (Å²) in [5, 5.41) is 10.7. The number of rotatable bonds is 6. The Morgan fingerprint density at radius 3 is 2.60 bits per heavy atom. The highest BCUT2D eigenvalue weighted by Gasteiger charge is 2.32. The summed E-state index contributed by atoms with van der Waals surface area (Å²) in [6, 6.07) is 7.67. The average molecular weight is 439 g/mol. The van der Waals surface area contributed by atoms with Crippen molar-refractivity contribution in [3.63, 3.8) is 0 Å². The van der Waals surface area contributed by atoms with E-state index in [4.69, 9.17) is 0 Å². The van der Waals surface area contributed by atoms with Gasteiger partial charge in [0.05, 0.1) is 5.51 Å². The zero-order valence-corrected chi connectivity index (χ0v) is 15.6. The van der Waals surface area contributed by atoms with E-state index in [9.17, 15) is 27.6 Å².